The van der Waals surface area contributed by atoms with E-state index in [0.29, 0.717) is 57.8 Å². The van der Waals surface area contributed by atoms with Crippen molar-refractivity contribution in [2.45, 2.75) is 254 Å². The first-order valence-electron chi connectivity index (χ1n) is 47.6. The number of thioether (sulfide) groups is 1. The number of aliphatic hydroxyl groups is 1. The molecule has 143 heavy (non-hydrogen) atoms. The van der Waals surface area contributed by atoms with Crippen LogP contribution in [0.5, 0.6) is 5.75 Å². The molecule has 6 heterocycles. The summed E-state index contributed by atoms with van der Waals surface area (Å²) in [6, 6.07) is -3.78. The Morgan fingerprint density at radius 1 is 0.559 bits per heavy atom. The number of carboxylic acids is 2. The van der Waals surface area contributed by atoms with Crippen molar-refractivity contribution in [2.75, 3.05) is 58.8 Å². The number of rotatable bonds is 30. The minimum absolute atomic E-state index is 0.0280. The molecule has 0 bridgehead atoms. The number of hydrogen-bond acceptors (Lipinski definition) is 24. The standard InChI is InChI=1S/C95H132N24O23S/c1-9-11-23-72-87(135)108-64(35-51(3)4)84(132)113-70(82(130)103-44-77(97)123)48-143-49-78(124)105-67(36-53-27-29-57(120)30-28-53)90(138)114(6)52(5)81(129)111-69(41-76(96)122)93(141)118-34-18-26-73(118)88(136)110-66(39-56-43-100-50-104-56)86(134)107-63(31-32-79(125)126)92(140)119-46-58(121)40-75(119)89(137)109-65(37-54-42-102-61-21-15-13-19-59(54)61)85(133)106-62(22-17-33-101-95(98)99)83(131)112-68(91(139)116(8)74(24-12-10-2)94(142)115(72)7)38-55-45-117(47-80(127)128)71-25-16-14-20-60(55)71/h13-16,19-21,25,27-30,42-43,45,50-52,58,62-70,72-75,102,120-121H,9-12,17-18,22-24,26,31-41,44,46-49H2,1-8H3,(H2,96,122)(H2,97,123)(H,100,104)(H,103,130)(H,105,124)(H,106,133)(H,107,134)(H,108,135)(H,109,137)(H,110,136)(H,111,129)(H,112,131)(H,113,132)(H,125,126)(H,127,128)(H4,98,99,101)/t52-,58+,62-,63-,64-,65-,66-,67-,68-,69-,70-,72-,73?,74-,75-/m0/s1. The van der Waals surface area contributed by atoms with Gasteiger partial charge in [-0.05, 0) is 105 Å². The Morgan fingerprint density at radius 3 is 1.78 bits per heavy atom. The number of aromatic amines is 2. The molecule has 24 N–H and O–H groups in total. The van der Waals surface area contributed by atoms with Crippen LogP contribution in [-0.2, 0) is 123 Å². The Bertz CT molecular complexity index is 5580. The third-order valence-electron chi connectivity index (χ3n) is 25.3. The van der Waals surface area contributed by atoms with E-state index in [1.165, 1.54) is 75.6 Å². The van der Waals surface area contributed by atoms with Crippen molar-refractivity contribution in [1.82, 2.24) is 103 Å². The molecule has 3 aromatic heterocycles. The van der Waals surface area contributed by atoms with Gasteiger partial charge in [0.15, 0.2) is 5.96 Å². The number of likely N-dealkylation sites (N-methyl/N-ethyl adjacent to an activating group) is 3. The van der Waals surface area contributed by atoms with Gasteiger partial charge in [-0.25, -0.2) is 4.98 Å². The van der Waals surface area contributed by atoms with Crippen molar-refractivity contribution in [3.05, 3.63) is 120 Å². The van der Waals surface area contributed by atoms with Crippen molar-refractivity contribution in [1.29, 1.82) is 5.41 Å². The smallest absolute Gasteiger partial charge is 0.323 e. The van der Waals surface area contributed by atoms with Crippen LogP contribution in [0.25, 0.3) is 21.8 Å². The number of hydrogen-bond donors (Lipinski definition) is 21. The van der Waals surface area contributed by atoms with Crippen molar-refractivity contribution in [3.8, 4) is 5.75 Å². The second-order valence-electron chi connectivity index (χ2n) is 36.6. The molecule has 3 aliphatic heterocycles. The largest absolute Gasteiger partial charge is 0.508 e. The summed E-state index contributed by atoms with van der Waals surface area (Å²) < 4.78 is 1.42. The van der Waals surface area contributed by atoms with Gasteiger partial charge < -0.3 is 135 Å². The fourth-order valence-electron chi connectivity index (χ4n) is 17.6. The number of phenols is 1. The van der Waals surface area contributed by atoms with Gasteiger partial charge >= 0.3 is 11.9 Å². The number of nitrogens with two attached hydrogens (primary N) is 3. The number of aromatic nitrogens is 4. The number of fused-ring (bicyclic) bond motifs is 4. The minimum atomic E-state index is -1.88. The van der Waals surface area contributed by atoms with E-state index < -0.39 is 279 Å². The molecule has 3 aliphatic rings. The molecule has 48 heteroatoms. The fourth-order valence-corrected chi connectivity index (χ4v) is 18.4. The molecule has 47 nitrogen and oxygen atoms in total. The zero-order chi connectivity index (χ0) is 105. The third kappa shape index (κ3) is 31.9. The zero-order valence-electron chi connectivity index (χ0n) is 81.2. The normalized spacial score (nSPS) is 24.0. The van der Waals surface area contributed by atoms with E-state index in [-0.39, 0.29) is 94.7 Å². The summed E-state index contributed by atoms with van der Waals surface area (Å²) in [4.78, 5) is 293. The number of carbonyl (C=O) groups excluding carboxylic acids is 17. The summed E-state index contributed by atoms with van der Waals surface area (Å²) >= 11 is 0.766. The SMILES string of the molecule is CCCC[C@H]1C(=O)N(C)[C@@H](CCCC)C(=O)N[C@@H](CC(C)C)C(=O)N[C@H](C(=O)NCC(N)=O)CSCC(=O)N[C@@H](Cc2ccc(O)cc2)C(=O)N(C)[C@@H](C)C(=O)N[C@@H](CC(N)=O)C(=O)N2CCCC2C(=O)N[C@@H](Cc2cnc[nH]2)C(=O)N[C@@H](CCC(=O)O)C(=O)N2C[C@H](O)C[C@H]2C(=O)N[C@@H](Cc2c[nH]c3ccccc23)C(=O)N[C@@H](CCCNC(=N)N)C(=O)N[C@@H](Cc2cn(CC(=O)O)c3ccccc23)C(=O)N1C. The number of amides is 17. The molecule has 0 radical (unpaired) electrons. The van der Waals surface area contributed by atoms with Crippen molar-refractivity contribution < 1.29 is 112 Å². The first-order valence-corrected chi connectivity index (χ1v) is 48.7. The molecule has 0 saturated carbocycles. The number of aromatic hydroxyl groups is 1. The number of aliphatic carboxylic acids is 2. The summed E-state index contributed by atoms with van der Waals surface area (Å²) in [5.41, 5.74) is 19.2. The van der Waals surface area contributed by atoms with Gasteiger partial charge in [0, 0.05) is 131 Å². The van der Waals surface area contributed by atoms with Gasteiger partial charge in [-0.1, -0.05) is 102 Å². The lowest BCUT2D eigenvalue weighted by Crippen LogP contribution is -2.61. The van der Waals surface area contributed by atoms with Crippen LogP contribution in [0.1, 0.15) is 153 Å². The van der Waals surface area contributed by atoms with Crippen molar-refractivity contribution in [3.63, 3.8) is 0 Å². The van der Waals surface area contributed by atoms with Crippen LogP contribution in [0.4, 0.5) is 0 Å². The maximum atomic E-state index is 16.1. The highest BCUT2D eigenvalue weighted by Crippen LogP contribution is 2.29. The van der Waals surface area contributed by atoms with E-state index >= 15 is 38.4 Å². The van der Waals surface area contributed by atoms with E-state index in [1.54, 1.807) is 68.6 Å². The Hall–Kier alpha value is -14.7. The molecular weight excluding hydrogens is 1880 g/mol. The van der Waals surface area contributed by atoms with E-state index in [1.807, 2.05) is 13.8 Å². The first-order chi connectivity index (χ1) is 67.9. The number of H-pyrrole nitrogens is 2. The lowest BCUT2D eigenvalue weighted by molar-refractivity contribution is -0.149. The lowest BCUT2D eigenvalue weighted by Gasteiger charge is -2.36. The van der Waals surface area contributed by atoms with E-state index in [0.717, 1.165) is 36.3 Å². The minimum Gasteiger partial charge on any atom is -0.508 e. The molecule has 17 amide bonds. The first kappa shape index (κ1) is 112. The van der Waals surface area contributed by atoms with Gasteiger partial charge in [-0.15, -0.1) is 11.8 Å². The van der Waals surface area contributed by atoms with E-state index in [4.69, 9.17) is 22.6 Å². The molecule has 1 unspecified atom stereocenters. The van der Waals surface area contributed by atoms with Gasteiger partial charge in [0.2, 0.25) is 100 Å². The second-order valence-corrected chi connectivity index (χ2v) is 37.6. The highest BCUT2D eigenvalue weighted by Gasteiger charge is 2.47. The number of phenolic OH excluding ortho intramolecular Hbond substituents is 1. The van der Waals surface area contributed by atoms with Gasteiger partial charge in [0.1, 0.15) is 96.9 Å². The Morgan fingerprint density at radius 2 is 1.14 bits per heavy atom. The van der Waals surface area contributed by atoms with Crippen molar-refractivity contribution >= 4 is 152 Å². The molecule has 15 atom stereocenters. The second kappa shape index (κ2) is 53.2. The van der Waals surface area contributed by atoms with Crippen LogP contribution in [0.2, 0.25) is 0 Å². The number of carbonyl (C=O) groups is 19. The predicted octanol–water partition coefficient (Wildman–Crippen LogP) is -2.50. The quantitative estimate of drug-likeness (QED) is 0.0126. The molecular formula is C95H132N24O23S. The number of nitrogens with one attached hydrogen (secondary N) is 14. The van der Waals surface area contributed by atoms with Crippen LogP contribution in [0, 0.1) is 11.3 Å². The number of nitrogens with zero attached hydrogens (tertiary/aromatic N) is 7. The topological polar surface area (TPSA) is 705 Å². The van der Waals surface area contributed by atoms with Crippen LogP contribution in [-0.4, -0.2) is 332 Å². The molecule has 3 saturated heterocycles. The monoisotopic (exact) mass is 2010 g/mol. The number of benzene rings is 3. The molecule has 6 aromatic rings. The molecule has 3 fully saturated rings. The number of primary amides is 2. The van der Waals surface area contributed by atoms with Gasteiger partial charge in [0.05, 0.1) is 31.1 Å². The lowest BCUT2D eigenvalue weighted by atomic mass is 9.99. The summed E-state index contributed by atoms with van der Waals surface area (Å²) in [5, 5.41) is 80.2. The van der Waals surface area contributed by atoms with E-state index in [9.17, 15) is 73.2 Å². The van der Waals surface area contributed by atoms with Crippen molar-refractivity contribution in [2.24, 2.45) is 23.1 Å². The van der Waals surface area contributed by atoms with E-state index in [2.05, 4.69) is 73.4 Å². The summed E-state index contributed by atoms with van der Waals surface area (Å²) in [6.45, 7) is 6.20. The third-order valence-corrected chi connectivity index (χ3v) is 26.3. The number of carboxylic acid groups (broad SMARTS) is 2. The van der Waals surface area contributed by atoms with Gasteiger partial charge in [-0.2, -0.15) is 0 Å². The van der Waals surface area contributed by atoms with Crippen LogP contribution < -0.4 is 75.7 Å². The zero-order valence-corrected chi connectivity index (χ0v) is 82.0. The maximum absolute atomic E-state index is 16.1. The Labute approximate surface area is 828 Å². The summed E-state index contributed by atoms with van der Waals surface area (Å²) in [7, 11) is 3.85. The van der Waals surface area contributed by atoms with Crippen LogP contribution in [0.15, 0.2) is 97.7 Å². The highest BCUT2D eigenvalue weighted by atomic mass is 32.2. The molecule has 3 aromatic carbocycles. The molecule has 9 rings (SSSR count). The number of unbranched alkanes of at least 4 members (excludes halogenated alkanes) is 2. The highest BCUT2D eigenvalue weighted by molar-refractivity contribution is 8.00. The molecule has 0 spiro atoms. The Kier molecular flexibility index (Phi) is 41.6. The van der Waals surface area contributed by atoms with Gasteiger partial charge in [-0.3, -0.25) is 96.5 Å². The summed E-state index contributed by atoms with van der Waals surface area (Å²) in [5.74, 6) is -21.6. The Balaban J connectivity index is 1.14. The average Bonchev–Trinajstić information content (AvgIpc) is 1.66. The number of para-hydroxylation sites is 2. The molecule has 776 valence electrons. The summed E-state index contributed by atoms with van der Waals surface area (Å²) in [6.07, 6.45) is 0.717. The van der Waals surface area contributed by atoms with Crippen LogP contribution >= 0.6 is 11.8 Å². The maximum Gasteiger partial charge on any atom is 0.323 e. The van der Waals surface area contributed by atoms with Crippen LogP contribution in [0.3, 0.4) is 0 Å². The number of guanidine groups is 1. The molecule has 0 aliphatic carbocycles. The number of aliphatic hydroxyl groups excluding tert-OH is 1. The fraction of sp³-hybridized carbons (Fsp3) is 0.526. The number of imidazole rings is 1. The predicted molar refractivity (Wildman–Crippen MR) is 521 cm³/mol. The average molecular weight is 2010 g/mol. The van der Waals surface area contributed by atoms with Gasteiger partial charge in [0.25, 0.3) is 0 Å².